The zero-order valence-corrected chi connectivity index (χ0v) is 31.4. The number of carbonyl (C=O) groups excluding carboxylic acids is 2. The average molecular weight is 809 g/mol. The highest BCUT2D eigenvalue weighted by Crippen LogP contribution is 2.35. The smallest absolute Gasteiger partial charge is 0.228 e. The van der Waals surface area contributed by atoms with Gasteiger partial charge in [0.25, 0.3) is 0 Å². The second-order valence-corrected chi connectivity index (χ2v) is 14.2. The Bertz CT molecular complexity index is 2450. The van der Waals surface area contributed by atoms with Crippen LogP contribution < -0.4 is 11.5 Å². The van der Waals surface area contributed by atoms with Crippen LogP contribution in [0.3, 0.4) is 0 Å². The number of likely N-dealkylation sites (tertiary alicyclic amines) is 2. The van der Waals surface area contributed by atoms with Crippen LogP contribution in [0.5, 0.6) is 0 Å². The normalized spacial score (nSPS) is 18.7. The highest BCUT2D eigenvalue weighted by atomic mass is 19.2. The minimum Gasteiger partial charge on any atom is -0.397 e. The molecule has 0 bridgehead atoms. The lowest BCUT2D eigenvalue weighted by molar-refractivity contribution is -0.130. The Morgan fingerprint density at radius 2 is 0.983 bits per heavy atom. The molecule has 0 radical (unpaired) electrons. The van der Waals surface area contributed by atoms with Gasteiger partial charge in [-0.1, -0.05) is 0 Å². The fraction of sp³-hybridized carbons (Fsp3) is 0.238. The van der Waals surface area contributed by atoms with Crippen molar-refractivity contribution in [1.29, 1.82) is 0 Å². The first-order valence-electron chi connectivity index (χ1n) is 18.5. The van der Waals surface area contributed by atoms with E-state index in [4.69, 9.17) is 11.5 Å². The molecule has 2 aliphatic heterocycles. The lowest BCUT2D eigenvalue weighted by atomic mass is 10.1. The molecule has 0 aliphatic carbocycles. The van der Waals surface area contributed by atoms with Gasteiger partial charge >= 0.3 is 0 Å². The summed E-state index contributed by atoms with van der Waals surface area (Å²) in [4.78, 5) is 52.6. The zero-order chi connectivity index (χ0) is 41.7. The van der Waals surface area contributed by atoms with E-state index in [-0.39, 0.29) is 87.0 Å². The average Bonchev–Trinajstić information content (AvgIpc) is 3.85. The number of alkyl halides is 2. The van der Waals surface area contributed by atoms with Crippen molar-refractivity contribution < 1.29 is 31.5 Å². The molecular formula is C42H37F5N10O2. The molecule has 2 amide bonds. The number of nitrogens with two attached hydrogens (primary N) is 2. The van der Waals surface area contributed by atoms with E-state index in [1.54, 1.807) is 54.6 Å². The standard InChI is InChI=1S/C21H18F3N5O.C21H19F2N5O/c22-14-3-1-13(2-4-14)17-6-5-16(25)18(28-17)9-19(30)29-8-7-21(24,12-29)20-26-10-15(23)11-27-20;22-15-4-2-14(3-5-15)17-7-6-16(24)18(27-17)12-19(29)28-11-8-21(23,13-28)20-25-9-1-10-26-20/h1-6,10-11H,7-9,12,25H2;1-7,9-10H,8,11-13,24H2. The van der Waals surface area contributed by atoms with Crippen molar-refractivity contribution in [3.05, 3.63) is 144 Å². The van der Waals surface area contributed by atoms with Gasteiger partial charge in [0.15, 0.2) is 28.8 Å². The molecule has 2 fully saturated rings. The maximum absolute atomic E-state index is 15.2. The van der Waals surface area contributed by atoms with Crippen LogP contribution in [0.2, 0.25) is 0 Å². The van der Waals surface area contributed by atoms with E-state index in [1.807, 2.05) is 0 Å². The second kappa shape index (κ2) is 16.9. The summed E-state index contributed by atoms with van der Waals surface area (Å²) in [6.45, 7) is 0.112. The SMILES string of the molecule is Nc1ccc(-c2ccc(F)cc2)nc1CC(=O)N1CCC(F)(c2ncc(F)cn2)C1.Nc1ccc(-c2ccc(F)cc2)nc1CC(=O)N1CCC(F)(c2ncccn2)C1. The molecule has 2 unspecified atom stereocenters. The van der Waals surface area contributed by atoms with E-state index in [9.17, 15) is 22.8 Å². The minimum atomic E-state index is -1.93. The molecule has 2 atom stereocenters. The first-order chi connectivity index (χ1) is 28.3. The molecule has 8 rings (SSSR count). The summed E-state index contributed by atoms with van der Waals surface area (Å²) in [6, 6.07) is 20.0. The zero-order valence-electron chi connectivity index (χ0n) is 31.4. The lowest BCUT2D eigenvalue weighted by Crippen LogP contribution is -2.34. The number of nitrogen functional groups attached to an aromatic ring is 2. The summed E-state index contributed by atoms with van der Waals surface area (Å²) in [5.41, 5.74) is 12.3. The van der Waals surface area contributed by atoms with E-state index in [2.05, 4.69) is 29.9 Å². The van der Waals surface area contributed by atoms with E-state index < -0.39 is 17.2 Å². The maximum Gasteiger partial charge on any atom is 0.228 e. The molecule has 2 aliphatic rings. The Labute approximate surface area is 335 Å². The molecule has 6 heterocycles. The van der Waals surface area contributed by atoms with Gasteiger partial charge in [-0.05, 0) is 78.9 Å². The van der Waals surface area contributed by atoms with E-state index >= 15 is 8.78 Å². The van der Waals surface area contributed by atoms with Crippen LogP contribution in [0.4, 0.5) is 33.3 Å². The number of hydrogen-bond donors (Lipinski definition) is 2. The summed E-state index contributed by atoms with van der Waals surface area (Å²) < 4.78 is 69.7. The number of benzene rings is 2. The topological polar surface area (TPSA) is 170 Å². The van der Waals surface area contributed by atoms with Crippen molar-refractivity contribution in [2.24, 2.45) is 0 Å². The Kier molecular flexibility index (Phi) is 11.5. The van der Waals surface area contributed by atoms with Gasteiger partial charge in [0.05, 0.1) is 72.5 Å². The second-order valence-electron chi connectivity index (χ2n) is 14.2. The molecule has 59 heavy (non-hydrogen) atoms. The summed E-state index contributed by atoms with van der Waals surface area (Å²) in [6.07, 6.45) is 4.77. The van der Waals surface area contributed by atoms with Crippen LogP contribution in [-0.2, 0) is 33.8 Å². The van der Waals surface area contributed by atoms with Crippen LogP contribution in [0.25, 0.3) is 22.5 Å². The molecule has 302 valence electrons. The van der Waals surface area contributed by atoms with Crippen LogP contribution in [-0.4, -0.2) is 77.7 Å². The molecule has 12 nitrogen and oxygen atoms in total. The Morgan fingerprint density at radius 1 is 0.576 bits per heavy atom. The largest absolute Gasteiger partial charge is 0.397 e. The fourth-order valence-corrected chi connectivity index (χ4v) is 6.79. The predicted molar refractivity (Wildman–Crippen MR) is 207 cm³/mol. The van der Waals surface area contributed by atoms with Gasteiger partial charge in [0.1, 0.15) is 11.6 Å². The van der Waals surface area contributed by atoms with Crippen LogP contribution in [0, 0.1) is 17.5 Å². The molecule has 17 heteroatoms. The third kappa shape index (κ3) is 9.29. The highest BCUT2D eigenvalue weighted by Gasteiger charge is 2.45. The number of nitrogens with zero attached hydrogens (tertiary/aromatic N) is 8. The summed E-state index contributed by atoms with van der Waals surface area (Å²) in [5, 5.41) is 0. The minimum absolute atomic E-state index is 0.0168. The quantitative estimate of drug-likeness (QED) is 0.176. The summed E-state index contributed by atoms with van der Waals surface area (Å²) in [5.74, 6) is -2.02. The Morgan fingerprint density at radius 3 is 1.41 bits per heavy atom. The van der Waals surface area contributed by atoms with Crippen molar-refractivity contribution in [3.63, 3.8) is 0 Å². The van der Waals surface area contributed by atoms with E-state index in [0.717, 1.165) is 12.4 Å². The monoisotopic (exact) mass is 808 g/mol. The van der Waals surface area contributed by atoms with Gasteiger partial charge in [0, 0.05) is 49.5 Å². The van der Waals surface area contributed by atoms with Crippen molar-refractivity contribution in [2.45, 2.75) is 37.0 Å². The van der Waals surface area contributed by atoms with Crippen molar-refractivity contribution in [3.8, 4) is 22.5 Å². The number of rotatable bonds is 8. The van der Waals surface area contributed by atoms with E-state index in [1.165, 1.54) is 46.5 Å². The van der Waals surface area contributed by atoms with Gasteiger partial charge in [-0.3, -0.25) is 19.6 Å². The molecule has 4 N–H and O–H groups in total. The Balaban J connectivity index is 0.000000179. The van der Waals surface area contributed by atoms with Crippen molar-refractivity contribution in [1.82, 2.24) is 39.7 Å². The lowest BCUT2D eigenvalue weighted by Gasteiger charge is -2.20. The molecule has 6 aromatic rings. The van der Waals surface area contributed by atoms with Gasteiger partial charge in [-0.2, -0.15) is 0 Å². The molecule has 0 saturated carbocycles. The van der Waals surface area contributed by atoms with Crippen molar-refractivity contribution >= 4 is 23.2 Å². The summed E-state index contributed by atoms with van der Waals surface area (Å²) in [7, 11) is 0. The molecule has 0 spiro atoms. The summed E-state index contributed by atoms with van der Waals surface area (Å²) >= 11 is 0. The number of carbonyl (C=O) groups is 2. The molecule has 2 saturated heterocycles. The molecule has 2 aromatic carbocycles. The molecular weight excluding hydrogens is 772 g/mol. The third-order valence-electron chi connectivity index (χ3n) is 10.1. The van der Waals surface area contributed by atoms with Gasteiger partial charge < -0.3 is 21.3 Å². The van der Waals surface area contributed by atoms with Crippen molar-refractivity contribution in [2.75, 3.05) is 37.6 Å². The number of pyridine rings is 2. The first-order valence-corrected chi connectivity index (χ1v) is 18.5. The Hall–Kier alpha value is -6.91. The first kappa shape index (κ1) is 40.3. The van der Waals surface area contributed by atoms with E-state index in [0.29, 0.717) is 45.3 Å². The van der Waals surface area contributed by atoms with Crippen LogP contribution in [0.15, 0.2) is 104 Å². The maximum atomic E-state index is 15.2. The fourth-order valence-electron chi connectivity index (χ4n) is 6.79. The third-order valence-corrected chi connectivity index (χ3v) is 10.1. The molecule has 4 aromatic heterocycles. The highest BCUT2D eigenvalue weighted by molar-refractivity contribution is 5.81. The van der Waals surface area contributed by atoms with Gasteiger partial charge in [-0.25, -0.2) is 41.9 Å². The number of halogens is 5. The number of anilines is 2. The number of aromatic nitrogens is 6. The van der Waals surface area contributed by atoms with Crippen LogP contribution in [0.1, 0.15) is 35.9 Å². The number of amides is 2. The number of hydrogen-bond acceptors (Lipinski definition) is 10. The van der Waals surface area contributed by atoms with Gasteiger partial charge in [-0.15, -0.1) is 0 Å². The van der Waals surface area contributed by atoms with Gasteiger partial charge in [0.2, 0.25) is 11.8 Å². The van der Waals surface area contributed by atoms with Crippen LogP contribution >= 0.6 is 0 Å². The predicted octanol–water partition coefficient (Wildman–Crippen LogP) is 5.94.